The molecule has 4 rings (SSSR count). The molecule has 1 aromatic heterocycles. The molecule has 0 aliphatic heterocycles. The summed E-state index contributed by atoms with van der Waals surface area (Å²) in [6, 6.07) is 30.0. The van der Waals surface area contributed by atoms with Gasteiger partial charge in [0.05, 0.1) is 0 Å². The minimum atomic E-state index is -0.846. The van der Waals surface area contributed by atoms with Crippen molar-refractivity contribution >= 4 is 0 Å². The van der Waals surface area contributed by atoms with E-state index >= 15 is 0 Å². The first-order valence-corrected chi connectivity index (χ1v) is 8.13. The first kappa shape index (κ1) is 15.1. The zero-order valence-electron chi connectivity index (χ0n) is 13.5. The summed E-state index contributed by atoms with van der Waals surface area (Å²) in [4.78, 5) is 15.3. The van der Waals surface area contributed by atoms with Crippen LogP contribution in [0.1, 0.15) is 16.7 Å². The molecule has 0 aliphatic carbocycles. The Morgan fingerprint density at radius 1 is 0.680 bits per heavy atom. The Morgan fingerprint density at radius 3 is 1.40 bits per heavy atom. The van der Waals surface area contributed by atoms with Crippen LogP contribution in [0.4, 0.5) is 0 Å². The predicted octanol–water partition coefficient (Wildman–Crippen LogP) is 3.41. The molecule has 122 valence electrons. The van der Waals surface area contributed by atoms with Gasteiger partial charge in [0.2, 0.25) is 0 Å². The van der Waals surface area contributed by atoms with Crippen molar-refractivity contribution < 1.29 is 0 Å². The van der Waals surface area contributed by atoms with E-state index in [2.05, 4.69) is 10.1 Å². The summed E-state index contributed by atoms with van der Waals surface area (Å²) in [5.41, 5.74) is 1.82. The fourth-order valence-corrected chi connectivity index (χ4v) is 3.40. The number of hydrogen-bond donors (Lipinski definition) is 1. The third kappa shape index (κ3) is 2.39. The van der Waals surface area contributed by atoms with Gasteiger partial charge in [0.1, 0.15) is 11.9 Å². The van der Waals surface area contributed by atoms with Crippen LogP contribution in [0.3, 0.4) is 0 Å². The topological polar surface area (TPSA) is 50.7 Å². The number of aromatic nitrogens is 3. The third-order valence-corrected chi connectivity index (χ3v) is 4.45. The number of H-pyrrole nitrogens is 1. The van der Waals surface area contributed by atoms with Gasteiger partial charge >= 0.3 is 5.69 Å². The normalized spacial score (nSPS) is 11.4. The highest BCUT2D eigenvalue weighted by Crippen LogP contribution is 2.38. The minimum Gasteiger partial charge on any atom is -0.295 e. The number of nitrogens with one attached hydrogen (secondary N) is 1. The first-order valence-electron chi connectivity index (χ1n) is 8.13. The predicted molar refractivity (Wildman–Crippen MR) is 97.5 cm³/mol. The van der Waals surface area contributed by atoms with E-state index in [9.17, 15) is 4.79 Å². The Kier molecular flexibility index (Phi) is 3.78. The molecule has 4 nitrogen and oxygen atoms in total. The molecule has 0 bridgehead atoms. The average molecular weight is 327 g/mol. The van der Waals surface area contributed by atoms with Gasteiger partial charge in [-0.05, 0) is 16.7 Å². The molecule has 0 saturated carbocycles. The van der Waals surface area contributed by atoms with Crippen LogP contribution in [-0.4, -0.2) is 14.8 Å². The standard InChI is InChI=1S/C21H17N3O/c25-20-22-16-23-24(20)21(17-10-4-1-5-11-17,18-12-6-2-7-13-18)19-14-8-3-9-15-19/h1-16H,(H,22,23,25). The van der Waals surface area contributed by atoms with Crippen molar-refractivity contribution in [3.63, 3.8) is 0 Å². The maximum atomic E-state index is 12.6. The van der Waals surface area contributed by atoms with Crippen LogP contribution >= 0.6 is 0 Å². The Balaban J connectivity index is 2.17. The van der Waals surface area contributed by atoms with E-state index in [1.54, 1.807) is 0 Å². The van der Waals surface area contributed by atoms with Gasteiger partial charge < -0.3 is 0 Å². The molecule has 1 N–H and O–H groups in total. The molecular formula is C21H17N3O. The summed E-state index contributed by atoms with van der Waals surface area (Å²) in [6.45, 7) is 0. The van der Waals surface area contributed by atoms with Crippen molar-refractivity contribution in [3.8, 4) is 0 Å². The quantitative estimate of drug-likeness (QED) is 0.584. The molecule has 4 heteroatoms. The minimum absolute atomic E-state index is 0.253. The van der Waals surface area contributed by atoms with Gasteiger partial charge in [-0.15, -0.1) is 0 Å². The highest BCUT2D eigenvalue weighted by atomic mass is 16.2. The monoisotopic (exact) mass is 327 g/mol. The molecular weight excluding hydrogens is 310 g/mol. The van der Waals surface area contributed by atoms with Gasteiger partial charge in [-0.2, -0.15) is 9.78 Å². The van der Waals surface area contributed by atoms with E-state index in [-0.39, 0.29) is 5.69 Å². The average Bonchev–Trinajstić information content (AvgIpc) is 3.12. The number of aromatic amines is 1. The largest absolute Gasteiger partial charge is 0.344 e. The van der Waals surface area contributed by atoms with E-state index in [1.165, 1.54) is 11.0 Å². The maximum Gasteiger partial charge on any atom is 0.344 e. The van der Waals surface area contributed by atoms with Gasteiger partial charge in [0, 0.05) is 0 Å². The number of rotatable bonds is 4. The van der Waals surface area contributed by atoms with Gasteiger partial charge in [0.25, 0.3) is 0 Å². The van der Waals surface area contributed by atoms with Crippen LogP contribution in [0.15, 0.2) is 102 Å². The van der Waals surface area contributed by atoms with Crippen molar-refractivity contribution in [2.24, 2.45) is 0 Å². The van der Waals surface area contributed by atoms with Crippen LogP contribution in [0, 0.1) is 0 Å². The lowest BCUT2D eigenvalue weighted by molar-refractivity contribution is 0.444. The molecule has 0 saturated heterocycles. The molecule has 4 aromatic rings. The van der Waals surface area contributed by atoms with E-state index in [0.29, 0.717) is 0 Å². The highest BCUT2D eigenvalue weighted by molar-refractivity contribution is 5.49. The lowest BCUT2D eigenvalue weighted by atomic mass is 9.77. The SMILES string of the molecule is O=c1[nH]cnn1C(c1ccccc1)(c1ccccc1)c1ccccc1. The molecule has 1 heterocycles. The van der Waals surface area contributed by atoms with Gasteiger partial charge in [-0.3, -0.25) is 4.98 Å². The van der Waals surface area contributed by atoms with E-state index < -0.39 is 5.54 Å². The molecule has 0 amide bonds. The van der Waals surface area contributed by atoms with Crippen molar-refractivity contribution in [2.45, 2.75) is 5.54 Å². The van der Waals surface area contributed by atoms with Crippen molar-refractivity contribution in [1.82, 2.24) is 14.8 Å². The summed E-state index contributed by atoms with van der Waals surface area (Å²) in [5, 5.41) is 4.37. The third-order valence-electron chi connectivity index (χ3n) is 4.45. The Bertz CT molecular complexity index is 908. The molecule has 0 atom stereocenters. The molecule has 25 heavy (non-hydrogen) atoms. The highest BCUT2D eigenvalue weighted by Gasteiger charge is 2.40. The van der Waals surface area contributed by atoms with Crippen LogP contribution in [-0.2, 0) is 5.54 Å². The van der Waals surface area contributed by atoms with Crippen LogP contribution in [0.25, 0.3) is 0 Å². The van der Waals surface area contributed by atoms with Crippen LogP contribution < -0.4 is 5.69 Å². The second-order valence-corrected chi connectivity index (χ2v) is 5.81. The molecule has 0 fully saturated rings. The Labute approximate surface area is 145 Å². The summed E-state index contributed by atoms with van der Waals surface area (Å²) >= 11 is 0. The number of hydrogen-bond acceptors (Lipinski definition) is 2. The molecule has 0 spiro atoms. The fourth-order valence-electron chi connectivity index (χ4n) is 3.40. The molecule has 0 unspecified atom stereocenters. The number of nitrogens with zero attached hydrogens (tertiary/aromatic N) is 2. The Morgan fingerprint density at radius 2 is 1.08 bits per heavy atom. The van der Waals surface area contributed by atoms with Gasteiger partial charge in [-0.25, -0.2) is 4.79 Å². The second kappa shape index (κ2) is 6.24. The second-order valence-electron chi connectivity index (χ2n) is 5.81. The van der Waals surface area contributed by atoms with Crippen molar-refractivity contribution in [1.29, 1.82) is 0 Å². The summed E-state index contributed by atoms with van der Waals surface area (Å²) in [6.07, 6.45) is 1.44. The summed E-state index contributed by atoms with van der Waals surface area (Å²) < 4.78 is 1.52. The zero-order valence-corrected chi connectivity index (χ0v) is 13.5. The van der Waals surface area contributed by atoms with Crippen molar-refractivity contribution in [2.75, 3.05) is 0 Å². The van der Waals surface area contributed by atoms with Gasteiger partial charge in [-0.1, -0.05) is 91.0 Å². The smallest absolute Gasteiger partial charge is 0.295 e. The van der Waals surface area contributed by atoms with Crippen LogP contribution in [0.2, 0.25) is 0 Å². The zero-order chi connectivity index (χ0) is 17.1. The van der Waals surface area contributed by atoms with E-state index in [0.717, 1.165) is 16.7 Å². The summed E-state index contributed by atoms with van der Waals surface area (Å²) in [5.74, 6) is 0. The number of benzene rings is 3. The van der Waals surface area contributed by atoms with Crippen LogP contribution in [0.5, 0.6) is 0 Å². The van der Waals surface area contributed by atoms with E-state index in [1.807, 2.05) is 91.0 Å². The van der Waals surface area contributed by atoms with E-state index in [4.69, 9.17) is 0 Å². The lowest BCUT2D eigenvalue weighted by Crippen LogP contribution is -2.44. The first-order chi connectivity index (χ1) is 12.3. The molecule has 0 aliphatic rings. The summed E-state index contributed by atoms with van der Waals surface area (Å²) in [7, 11) is 0. The van der Waals surface area contributed by atoms with Gasteiger partial charge in [0.15, 0.2) is 0 Å². The lowest BCUT2D eigenvalue weighted by Gasteiger charge is -2.35. The molecule has 3 aromatic carbocycles. The van der Waals surface area contributed by atoms with Crippen molar-refractivity contribution in [3.05, 3.63) is 124 Å². The maximum absolute atomic E-state index is 12.6. The fraction of sp³-hybridized carbons (Fsp3) is 0.0476. The molecule has 0 radical (unpaired) electrons. The Hall–Kier alpha value is -3.40.